The van der Waals surface area contributed by atoms with Crippen LogP contribution in [0.5, 0.6) is 5.75 Å². The first-order valence-corrected chi connectivity index (χ1v) is 8.80. The Balaban J connectivity index is 1.66. The maximum absolute atomic E-state index is 12.3. The molecule has 1 fully saturated rings. The van der Waals surface area contributed by atoms with Gasteiger partial charge in [0.1, 0.15) is 17.1 Å². The number of para-hydroxylation sites is 1. The Labute approximate surface area is 149 Å². The lowest BCUT2D eigenvalue weighted by atomic mass is 9.65. The van der Waals surface area contributed by atoms with Gasteiger partial charge in [0.25, 0.3) is 0 Å². The Morgan fingerprint density at radius 3 is 2.36 bits per heavy atom. The number of carbonyl (C=O) groups is 1. The molecule has 1 heterocycles. The SMILES string of the molecule is COC1C=C(Oc2ccccc2)C12CCN(C(=O)OC(C)(C)C)CC2. The van der Waals surface area contributed by atoms with Crippen LogP contribution in [0.4, 0.5) is 4.79 Å². The summed E-state index contributed by atoms with van der Waals surface area (Å²) in [5.41, 5.74) is -0.623. The van der Waals surface area contributed by atoms with Gasteiger partial charge in [0, 0.05) is 20.2 Å². The summed E-state index contributed by atoms with van der Waals surface area (Å²) in [5, 5.41) is 0. The molecule has 1 spiro atoms. The van der Waals surface area contributed by atoms with E-state index in [1.165, 1.54) is 0 Å². The molecular formula is C20H27NO4. The van der Waals surface area contributed by atoms with Gasteiger partial charge in [-0.2, -0.15) is 0 Å². The maximum atomic E-state index is 12.3. The molecule has 3 rings (SSSR count). The third-order valence-corrected chi connectivity index (χ3v) is 4.87. The van der Waals surface area contributed by atoms with Crippen LogP contribution >= 0.6 is 0 Å². The summed E-state index contributed by atoms with van der Waals surface area (Å²) in [5.74, 6) is 1.78. The molecule has 1 aromatic rings. The van der Waals surface area contributed by atoms with E-state index in [1.54, 1.807) is 12.0 Å². The van der Waals surface area contributed by atoms with Crippen LogP contribution in [0.2, 0.25) is 0 Å². The van der Waals surface area contributed by atoms with Gasteiger partial charge in [-0.25, -0.2) is 4.79 Å². The monoisotopic (exact) mass is 345 g/mol. The van der Waals surface area contributed by atoms with E-state index in [-0.39, 0.29) is 17.6 Å². The van der Waals surface area contributed by atoms with Crippen molar-refractivity contribution in [2.45, 2.75) is 45.3 Å². The molecule has 1 amide bonds. The second-order valence-electron chi connectivity index (χ2n) is 7.73. The Morgan fingerprint density at radius 2 is 1.80 bits per heavy atom. The minimum Gasteiger partial charge on any atom is -0.461 e. The van der Waals surface area contributed by atoms with E-state index in [0.717, 1.165) is 24.4 Å². The smallest absolute Gasteiger partial charge is 0.410 e. The third-order valence-electron chi connectivity index (χ3n) is 4.87. The van der Waals surface area contributed by atoms with E-state index in [2.05, 4.69) is 0 Å². The van der Waals surface area contributed by atoms with Gasteiger partial charge in [-0.3, -0.25) is 0 Å². The maximum Gasteiger partial charge on any atom is 0.410 e. The van der Waals surface area contributed by atoms with Crippen molar-refractivity contribution in [2.75, 3.05) is 20.2 Å². The predicted octanol–water partition coefficient (Wildman–Crippen LogP) is 4.00. The summed E-state index contributed by atoms with van der Waals surface area (Å²) in [7, 11) is 1.72. The first kappa shape index (κ1) is 17.8. The van der Waals surface area contributed by atoms with Crippen molar-refractivity contribution in [1.82, 2.24) is 4.90 Å². The quantitative estimate of drug-likeness (QED) is 0.831. The second kappa shape index (κ2) is 6.71. The van der Waals surface area contributed by atoms with Crippen molar-refractivity contribution in [1.29, 1.82) is 0 Å². The number of nitrogens with zero attached hydrogens (tertiary/aromatic N) is 1. The van der Waals surface area contributed by atoms with Gasteiger partial charge in [-0.05, 0) is 51.8 Å². The Morgan fingerprint density at radius 1 is 1.16 bits per heavy atom. The summed E-state index contributed by atoms with van der Waals surface area (Å²) in [6, 6.07) is 9.78. The molecule has 0 bridgehead atoms. The van der Waals surface area contributed by atoms with Crippen molar-refractivity contribution in [3.63, 3.8) is 0 Å². The highest BCUT2D eigenvalue weighted by molar-refractivity contribution is 5.68. The van der Waals surface area contributed by atoms with Gasteiger partial charge in [0.2, 0.25) is 0 Å². The molecular weight excluding hydrogens is 318 g/mol. The van der Waals surface area contributed by atoms with E-state index in [0.29, 0.717) is 13.1 Å². The molecule has 1 unspecified atom stereocenters. The zero-order valence-electron chi connectivity index (χ0n) is 15.5. The number of benzene rings is 1. The van der Waals surface area contributed by atoms with E-state index in [4.69, 9.17) is 14.2 Å². The standard InChI is InChI=1S/C20H27NO4/c1-19(2,3)25-18(22)21-12-10-20(11-13-21)16(23-4)14-17(20)24-15-8-6-5-7-9-15/h5-9,14,16H,10-13H2,1-4H3. The molecule has 1 aliphatic carbocycles. The van der Waals surface area contributed by atoms with Crippen LogP contribution in [0.1, 0.15) is 33.6 Å². The van der Waals surface area contributed by atoms with Crippen LogP contribution in [0, 0.1) is 5.41 Å². The number of carbonyl (C=O) groups excluding carboxylic acids is 1. The molecule has 2 aliphatic rings. The topological polar surface area (TPSA) is 48.0 Å². The summed E-state index contributed by atoms with van der Waals surface area (Å²) in [6.45, 7) is 6.95. The highest BCUT2D eigenvalue weighted by atomic mass is 16.6. The molecule has 5 heteroatoms. The minimum atomic E-state index is -0.473. The molecule has 1 aliphatic heterocycles. The van der Waals surface area contributed by atoms with E-state index >= 15 is 0 Å². The molecule has 1 saturated heterocycles. The number of amides is 1. The number of methoxy groups -OCH3 is 1. The van der Waals surface area contributed by atoms with Gasteiger partial charge >= 0.3 is 6.09 Å². The lowest BCUT2D eigenvalue weighted by Crippen LogP contribution is -2.55. The van der Waals surface area contributed by atoms with Gasteiger partial charge in [-0.1, -0.05) is 18.2 Å². The zero-order valence-corrected chi connectivity index (χ0v) is 15.5. The molecule has 1 atom stereocenters. The number of ether oxygens (including phenoxy) is 3. The molecule has 0 saturated carbocycles. The lowest BCUT2D eigenvalue weighted by molar-refractivity contribution is -0.0525. The summed E-state index contributed by atoms with van der Waals surface area (Å²) < 4.78 is 17.2. The van der Waals surface area contributed by atoms with Gasteiger partial charge in [-0.15, -0.1) is 0 Å². The number of likely N-dealkylation sites (tertiary alicyclic amines) is 1. The second-order valence-corrected chi connectivity index (χ2v) is 7.73. The first-order chi connectivity index (χ1) is 11.8. The van der Waals surface area contributed by atoms with Crippen molar-refractivity contribution in [3.05, 3.63) is 42.2 Å². The van der Waals surface area contributed by atoms with Crippen LogP contribution in [0.15, 0.2) is 42.2 Å². The number of hydrogen-bond donors (Lipinski definition) is 0. The lowest BCUT2D eigenvalue weighted by Gasteiger charge is -2.50. The van der Waals surface area contributed by atoms with Crippen LogP contribution < -0.4 is 4.74 Å². The third kappa shape index (κ3) is 3.66. The Kier molecular flexibility index (Phi) is 4.78. The predicted molar refractivity (Wildman–Crippen MR) is 95.4 cm³/mol. The van der Waals surface area contributed by atoms with Crippen LogP contribution in [0.25, 0.3) is 0 Å². The number of rotatable bonds is 3. The largest absolute Gasteiger partial charge is 0.461 e. The molecule has 136 valence electrons. The van der Waals surface area contributed by atoms with E-state index < -0.39 is 5.60 Å². The normalized spacial score (nSPS) is 22.2. The molecule has 1 aromatic carbocycles. The molecule has 0 radical (unpaired) electrons. The van der Waals surface area contributed by atoms with Crippen LogP contribution in [-0.2, 0) is 9.47 Å². The average molecular weight is 345 g/mol. The average Bonchev–Trinajstić information content (AvgIpc) is 2.57. The van der Waals surface area contributed by atoms with Crippen molar-refractivity contribution < 1.29 is 19.0 Å². The van der Waals surface area contributed by atoms with Crippen LogP contribution in [0.3, 0.4) is 0 Å². The summed E-state index contributed by atoms with van der Waals surface area (Å²) in [4.78, 5) is 14.1. The van der Waals surface area contributed by atoms with Crippen molar-refractivity contribution in [3.8, 4) is 5.75 Å². The number of hydrogen-bond acceptors (Lipinski definition) is 4. The summed E-state index contributed by atoms with van der Waals surface area (Å²) in [6.07, 6.45) is 3.44. The van der Waals surface area contributed by atoms with Gasteiger partial charge in [0.05, 0.1) is 11.5 Å². The highest BCUT2D eigenvalue weighted by Crippen LogP contribution is 2.51. The Bertz CT molecular complexity index is 639. The minimum absolute atomic E-state index is 0.0343. The van der Waals surface area contributed by atoms with Crippen molar-refractivity contribution >= 4 is 6.09 Å². The fourth-order valence-electron chi connectivity index (χ4n) is 3.50. The molecule has 0 aromatic heterocycles. The molecule has 0 N–H and O–H groups in total. The fourth-order valence-corrected chi connectivity index (χ4v) is 3.50. The molecule has 25 heavy (non-hydrogen) atoms. The van der Waals surface area contributed by atoms with Crippen molar-refractivity contribution in [2.24, 2.45) is 5.41 Å². The van der Waals surface area contributed by atoms with E-state index in [1.807, 2.05) is 57.2 Å². The summed E-state index contributed by atoms with van der Waals surface area (Å²) >= 11 is 0. The highest BCUT2D eigenvalue weighted by Gasteiger charge is 2.53. The first-order valence-electron chi connectivity index (χ1n) is 8.80. The zero-order chi connectivity index (χ0) is 18.1. The van der Waals surface area contributed by atoms with Gasteiger partial charge < -0.3 is 19.1 Å². The van der Waals surface area contributed by atoms with E-state index in [9.17, 15) is 4.79 Å². The molecule has 5 nitrogen and oxygen atoms in total. The van der Waals surface area contributed by atoms with Gasteiger partial charge in [0.15, 0.2) is 0 Å². The fraction of sp³-hybridized carbons (Fsp3) is 0.550. The number of piperidine rings is 1. The Hall–Kier alpha value is -2.01. The van der Waals surface area contributed by atoms with Crippen LogP contribution in [-0.4, -0.2) is 42.9 Å².